The number of hydrogen-bond donors (Lipinski definition) is 2. The van der Waals surface area contributed by atoms with E-state index < -0.39 is 34.8 Å². The van der Waals surface area contributed by atoms with Gasteiger partial charge in [0, 0.05) is 6.07 Å². The SMILES string of the molecule is O=[N+]([O-])c1c(F)cc(F)cc1B(O)O. The van der Waals surface area contributed by atoms with Crippen molar-refractivity contribution in [3.05, 3.63) is 33.9 Å². The van der Waals surface area contributed by atoms with Crippen LogP contribution in [0.4, 0.5) is 14.5 Å². The Labute approximate surface area is 76.9 Å². The molecule has 0 unspecified atom stereocenters. The molecule has 8 heteroatoms. The van der Waals surface area contributed by atoms with Gasteiger partial charge in [-0.25, -0.2) is 4.39 Å². The van der Waals surface area contributed by atoms with Crippen molar-refractivity contribution >= 4 is 18.3 Å². The minimum Gasteiger partial charge on any atom is -0.423 e. The van der Waals surface area contributed by atoms with Crippen LogP contribution < -0.4 is 5.46 Å². The lowest BCUT2D eigenvalue weighted by atomic mass is 9.79. The Morgan fingerprint density at radius 2 is 1.93 bits per heavy atom. The number of rotatable bonds is 2. The average molecular weight is 203 g/mol. The van der Waals surface area contributed by atoms with Gasteiger partial charge in [0.05, 0.1) is 10.4 Å². The zero-order valence-corrected chi connectivity index (χ0v) is 6.65. The molecule has 74 valence electrons. The summed E-state index contributed by atoms with van der Waals surface area (Å²) in [7, 11) is -2.29. The molecule has 2 N–H and O–H groups in total. The number of benzene rings is 1. The van der Waals surface area contributed by atoms with Crippen LogP contribution in [0.2, 0.25) is 0 Å². The van der Waals surface area contributed by atoms with Gasteiger partial charge in [0.25, 0.3) is 0 Å². The highest BCUT2D eigenvalue weighted by Crippen LogP contribution is 2.15. The van der Waals surface area contributed by atoms with Crippen molar-refractivity contribution in [1.29, 1.82) is 0 Å². The number of hydrogen-bond acceptors (Lipinski definition) is 4. The summed E-state index contributed by atoms with van der Waals surface area (Å²) in [6, 6.07) is 0.788. The highest BCUT2D eigenvalue weighted by Gasteiger charge is 2.28. The van der Waals surface area contributed by atoms with Crippen LogP contribution in [0, 0.1) is 21.7 Å². The van der Waals surface area contributed by atoms with Crippen molar-refractivity contribution < 1.29 is 23.8 Å². The van der Waals surface area contributed by atoms with Crippen LogP contribution in [0.5, 0.6) is 0 Å². The molecule has 0 amide bonds. The van der Waals surface area contributed by atoms with Crippen molar-refractivity contribution in [2.75, 3.05) is 0 Å². The number of nitro benzene ring substituents is 1. The normalized spacial score (nSPS) is 10.0. The molecule has 0 aliphatic carbocycles. The van der Waals surface area contributed by atoms with Gasteiger partial charge in [-0.05, 0) is 6.07 Å². The molecular formula is C6H4BF2NO4. The van der Waals surface area contributed by atoms with E-state index in [4.69, 9.17) is 10.0 Å². The lowest BCUT2D eigenvalue weighted by Crippen LogP contribution is -2.33. The summed E-state index contributed by atoms with van der Waals surface area (Å²) in [5.41, 5.74) is -1.95. The Morgan fingerprint density at radius 3 is 2.36 bits per heavy atom. The number of nitro groups is 1. The van der Waals surface area contributed by atoms with Crippen molar-refractivity contribution in [3.63, 3.8) is 0 Å². The zero-order valence-electron chi connectivity index (χ0n) is 6.65. The number of nitrogens with zero attached hydrogens (tertiary/aromatic N) is 1. The molecule has 0 heterocycles. The first-order chi connectivity index (χ1) is 6.43. The van der Waals surface area contributed by atoms with Gasteiger partial charge >= 0.3 is 12.8 Å². The van der Waals surface area contributed by atoms with E-state index in [9.17, 15) is 18.9 Å². The zero-order chi connectivity index (χ0) is 10.9. The maximum atomic E-state index is 12.8. The third-order valence-electron chi connectivity index (χ3n) is 1.52. The molecule has 1 aromatic carbocycles. The second-order valence-corrected chi connectivity index (χ2v) is 2.46. The van der Waals surface area contributed by atoms with Crippen LogP contribution >= 0.6 is 0 Å². The summed E-state index contributed by atoms with van der Waals surface area (Å²) in [5, 5.41) is 27.5. The Morgan fingerprint density at radius 1 is 1.36 bits per heavy atom. The standard InChI is InChI=1S/C6H4BF2NO4/c8-3-1-4(7(11)12)6(10(13)14)5(9)2-3/h1-2,11-12H. The van der Waals surface area contributed by atoms with Gasteiger partial charge in [-0.15, -0.1) is 0 Å². The molecule has 14 heavy (non-hydrogen) atoms. The topological polar surface area (TPSA) is 83.6 Å². The summed E-state index contributed by atoms with van der Waals surface area (Å²) in [4.78, 5) is 9.13. The molecule has 0 radical (unpaired) electrons. The molecule has 0 saturated heterocycles. The lowest BCUT2D eigenvalue weighted by Gasteiger charge is -2.02. The monoisotopic (exact) mass is 203 g/mol. The minimum absolute atomic E-state index is 0.296. The molecule has 0 aliphatic heterocycles. The molecule has 0 atom stereocenters. The van der Waals surface area contributed by atoms with Crippen LogP contribution in [-0.4, -0.2) is 22.1 Å². The molecule has 0 aromatic heterocycles. The van der Waals surface area contributed by atoms with E-state index in [2.05, 4.69) is 0 Å². The Hall–Kier alpha value is -1.54. The fourth-order valence-corrected chi connectivity index (χ4v) is 0.975. The molecule has 0 fully saturated rings. The second kappa shape index (κ2) is 3.68. The van der Waals surface area contributed by atoms with E-state index in [1.54, 1.807) is 0 Å². The van der Waals surface area contributed by atoms with Crippen LogP contribution in [0.1, 0.15) is 0 Å². The maximum absolute atomic E-state index is 12.8. The first kappa shape index (κ1) is 10.5. The second-order valence-electron chi connectivity index (χ2n) is 2.46. The van der Waals surface area contributed by atoms with Gasteiger partial charge in [-0.2, -0.15) is 4.39 Å². The molecular weight excluding hydrogens is 199 g/mol. The van der Waals surface area contributed by atoms with Gasteiger partial charge in [0.1, 0.15) is 5.82 Å². The maximum Gasteiger partial charge on any atom is 0.495 e. The van der Waals surface area contributed by atoms with Gasteiger partial charge in [-0.1, -0.05) is 0 Å². The molecule has 0 spiro atoms. The van der Waals surface area contributed by atoms with Crippen molar-refractivity contribution in [2.45, 2.75) is 0 Å². The molecule has 0 saturated carbocycles. The predicted molar refractivity (Wildman–Crippen MR) is 42.8 cm³/mol. The smallest absolute Gasteiger partial charge is 0.423 e. The molecule has 0 bridgehead atoms. The Kier molecular flexibility index (Phi) is 2.77. The quantitative estimate of drug-likeness (QED) is 0.387. The van der Waals surface area contributed by atoms with E-state index in [0.717, 1.165) is 0 Å². The highest BCUT2D eigenvalue weighted by molar-refractivity contribution is 6.60. The molecule has 1 rings (SSSR count). The van der Waals surface area contributed by atoms with Crippen molar-refractivity contribution in [3.8, 4) is 0 Å². The lowest BCUT2D eigenvalue weighted by molar-refractivity contribution is -0.386. The van der Waals surface area contributed by atoms with Crippen LogP contribution in [0.3, 0.4) is 0 Å². The first-order valence-corrected chi connectivity index (χ1v) is 3.43. The van der Waals surface area contributed by atoms with E-state index in [1.165, 1.54) is 0 Å². The van der Waals surface area contributed by atoms with Crippen molar-refractivity contribution in [2.24, 2.45) is 0 Å². The van der Waals surface area contributed by atoms with Gasteiger partial charge in [-0.3, -0.25) is 10.1 Å². The molecule has 5 nitrogen and oxygen atoms in total. The minimum atomic E-state index is -2.29. The largest absolute Gasteiger partial charge is 0.495 e. The summed E-state index contributed by atoms with van der Waals surface area (Å²) in [6.45, 7) is 0. The first-order valence-electron chi connectivity index (χ1n) is 3.43. The summed E-state index contributed by atoms with van der Waals surface area (Å²) in [6.07, 6.45) is 0. The molecule has 1 aromatic rings. The fraction of sp³-hybridized carbons (Fsp3) is 0. The van der Waals surface area contributed by atoms with E-state index in [0.29, 0.717) is 12.1 Å². The van der Waals surface area contributed by atoms with Gasteiger partial charge in [0.15, 0.2) is 0 Å². The number of halogens is 2. The van der Waals surface area contributed by atoms with E-state index >= 15 is 0 Å². The van der Waals surface area contributed by atoms with Crippen LogP contribution in [-0.2, 0) is 0 Å². The molecule has 0 aliphatic rings. The third-order valence-corrected chi connectivity index (χ3v) is 1.52. The Bertz CT molecular complexity index is 384. The van der Waals surface area contributed by atoms with E-state index in [-0.39, 0.29) is 0 Å². The summed E-state index contributed by atoms with van der Waals surface area (Å²) in [5.74, 6) is -2.56. The summed E-state index contributed by atoms with van der Waals surface area (Å²) >= 11 is 0. The highest BCUT2D eigenvalue weighted by atomic mass is 19.1. The van der Waals surface area contributed by atoms with Crippen LogP contribution in [0.15, 0.2) is 12.1 Å². The van der Waals surface area contributed by atoms with Gasteiger partial charge in [0.2, 0.25) is 5.82 Å². The van der Waals surface area contributed by atoms with Crippen LogP contribution in [0.25, 0.3) is 0 Å². The van der Waals surface area contributed by atoms with Gasteiger partial charge < -0.3 is 10.0 Å². The van der Waals surface area contributed by atoms with Crippen molar-refractivity contribution in [1.82, 2.24) is 0 Å². The van der Waals surface area contributed by atoms with E-state index in [1.807, 2.05) is 0 Å². The fourth-order valence-electron chi connectivity index (χ4n) is 0.975. The third kappa shape index (κ3) is 1.86. The Balaban J connectivity index is 3.44. The predicted octanol–water partition coefficient (Wildman–Crippen LogP) is -0.447. The average Bonchev–Trinajstić information content (AvgIpc) is 2.01. The summed E-state index contributed by atoms with van der Waals surface area (Å²) < 4.78 is 25.4.